The van der Waals surface area contributed by atoms with Crippen molar-refractivity contribution in [3.05, 3.63) is 35.9 Å². The summed E-state index contributed by atoms with van der Waals surface area (Å²) in [6.07, 6.45) is 17.5. The largest absolute Gasteiger partial charge is 0.497 e. The maximum atomic E-state index is 5.32. The van der Waals surface area contributed by atoms with Crippen molar-refractivity contribution in [2.45, 2.75) is 71.1 Å². The van der Waals surface area contributed by atoms with Gasteiger partial charge in [0.15, 0.2) is 0 Å². The highest BCUT2D eigenvalue weighted by molar-refractivity contribution is 5.38. The van der Waals surface area contributed by atoms with Gasteiger partial charge in [-0.3, -0.25) is 0 Å². The van der Waals surface area contributed by atoms with Crippen molar-refractivity contribution in [1.29, 1.82) is 0 Å². The molecule has 0 unspecified atom stereocenters. The second kappa shape index (κ2) is 13.0. The van der Waals surface area contributed by atoms with E-state index < -0.39 is 0 Å². The molecule has 0 atom stereocenters. The summed E-state index contributed by atoms with van der Waals surface area (Å²) in [6.45, 7) is 2.25. The van der Waals surface area contributed by atoms with E-state index in [-0.39, 0.29) is 0 Å². The second-order valence-corrected chi connectivity index (χ2v) is 6.14. The summed E-state index contributed by atoms with van der Waals surface area (Å²) in [7, 11) is 3.41. The molecule has 0 radical (unpaired) electrons. The van der Waals surface area contributed by atoms with Crippen LogP contribution in [0, 0.1) is 0 Å². The van der Waals surface area contributed by atoms with Gasteiger partial charge < -0.3 is 9.47 Å². The molecule has 0 aliphatic heterocycles. The minimum atomic E-state index is 0.884. The Morgan fingerprint density at radius 1 is 0.739 bits per heavy atom. The molecule has 0 aliphatic carbocycles. The van der Waals surface area contributed by atoms with E-state index in [9.17, 15) is 0 Å². The van der Waals surface area contributed by atoms with Gasteiger partial charge in [0.25, 0.3) is 0 Å². The molecule has 130 valence electrons. The van der Waals surface area contributed by atoms with Gasteiger partial charge in [-0.2, -0.15) is 0 Å². The van der Waals surface area contributed by atoms with Gasteiger partial charge in [0.2, 0.25) is 0 Å². The van der Waals surface area contributed by atoms with Crippen molar-refractivity contribution in [1.82, 2.24) is 0 Å². The summed E-state index contributed by atoms with van der Waals surface area (Å²) >= 11 is 0. The molecule has 0 amide bonds. The van der Waals surface area contributed by atoms with E-state index >= 15 is 0 Å². The Morgan fingerprint density at radius 3 is 1.91 bits per heavy atom. The number of aryl methyl sites for hydroxylation is 1. The normalized spacial score (nSPS) is 11.1. The molecule has 0 saturated carbocycles. The first-order valence-corrected chi connectivity index (χ1v) is 9.17. The molecule has 0 N–H and O–H groups in total. The number of methoxy groups -OCH3 is 2. The highest BCUT2D eigenvalue weighted by Gasteiger charge is 2.02. The van der Waals surface area contributed by atoms with Crippen LogP contribution in [0.4, 0.5) is 0 Å². The van der Waals surface area contributed by atoms with Gasteiger partial charge in [0.1, 0.15) is 11.5 Å². The van der Waals surface area contributed by atoms with E-state index in [1.807, 2.05) is 6.07 Å². The van der Waals surface area contributed by atoms with Gasteiger partial charge in [-0.25, -0.2) is 0 Å². The molecule has 2 heteroatoms. The summed E-state index contributed by atoms with van der Waals surface area (Å²) in [5, 5.41) is 0. The fourth-order valence-electron chi connectivity index (χ4n) is 2.69. The summed E-state index contributed by atoms with van der Waals surface area (Å²) in [6, 6.07) is 6.16. The predicted octanol–water partition coefficient (Wildman–Crippen LogP) is 6.33. The van der Waals surface area contributed by atoms with Gasteiger partial charge in [-0.05, 0) is 49.8 Å². The van der Waals surface area contributed by atoms with Crippen molar-refractivity contribution in [2.24, 2.45) is 0 Å². The van der Waals surface area contributed by atoms with Crippen LogP contribution in [0.3, 0.4) is 0 Å². The predicted molar refractivity (Wildman–Crippen MR) is 99.6 cm³/mol. The zero-order valence-electron chi connectivity index (χ0n) is 15.3. The molecule has 1 aromatic rings. The molecular weight excluding hydrogens is 284 g/mol. The van der Waals surface area contributed by atoms with E-state index in [4.69, 9.17) is 9.47 Å². The molecule has 0 aromatic heterocycles. The Labute approximate surface area is 142 Å². The molecule has 23 heavy (non-hydrogen) atoms. The van der Waals surface area contributed by atoms with Crippen molar-refractivity contribution >= 4 is 0 Å². The molecule has 0 saturated heterocycles. The van der Waals surface area contributed by atoms with E-state index in [1.54, 1.807) is 14.2 Å². The lowest BCUT2D eigenvalue weighted by molar-refractivity contribution is 0.393. The zero-order chi connectivity index (χ0) is 16.8. The Bertz CT molecular complexity index is 415. The number of hydrogen-bond donors (Lipinski definition) is 0. The number of ether oxygens (including phenoxy) is 2. The van der Waals surface area contributed by atoms with E-state index in [1.165, 1.54) is 63.4 Å². The summed E-state index contributed by atoms with van der Waals surface area (Å²) in [5.74, 6) is 1.77. The van der Waals surface area contributed by atoms with Crippen molar-refractivity contribution in [2.75, 3.05) is 14.2 Å². The van der Waals surface area contributed by atoms with Gasteiger partial charge >= 0.3 is 0 Å². The van der Waals surface area contributed by atoms with Crippen LogP contribution in [0.1, 0.15) is 70.3 Å². The van der Waals surface area contributed by atoms with Gasteiger partial charge in [0, 0.05) is 6.07 Å². The van der Waals surface area contributed by atoms with Crippen LogP contribution >= 0.6 is 0 Å². The average Bonchev–Trinajstić information content (AvgIpc) is 2.59. The highest BCUT2D eigenvalue weighted by atomic mass is 16.5. The zero-order valence-corrected chi connectivity index (χ0v) is 15.3. The third kappa shape index (κ3) is 9.32. The molecular formula is C21H34O2. The summed E-state index contributed by atoms with van der Waals surface area (Å²) in [4.78, 5) is 0. The maximum absolute atomic E-state index is 5.32. The molecule has 0 aliphatic rings. The van der Waals surface area contributed by atoms with Crippen LogP contribution in [-0.2, 0) is 6.42 Å². The Kier molecular flexibility index (Phi) is 11.1. The lowest BCUT2D eigenvalue weighted by Gasteiger charge is -2.08. The minimum absolute atomic E-state index is 0.884. The van der Waals surface area contributed by atoms with Gasteiger partial charge in [-0.15, -0.1) is 0 Å². The molecule has 0 heterocycles. The Balaban J connectivity index is 2.10. The standard InChI is InChI=1S/C21H34O2/c1-4-5-6-7-8-9-10-11-12-13-14-15-19-16-20(22-2)18-21(17-19)23-3/h7-8,16-18H,4-6,9-15H2,1-3H3. The van der Waals surface area contributed by atoms with Crippen LogP contribution in [0.2, 0.25) is 0 Å². The lowest BCUT2D eigenvalue weighted by atomic mass is 10.0. The molecule has 1 aromatic carbocycles. The topological polar surface area (TPSA) is 18.5 Å². The van der Waals surface area contributed by atoms with Crippen LogP contribution in [0.15, 0.2) is 30.4 Å². The summed E-state index contributed by atoms with van der Waals surface area (Å²) < 4.78 is 10.6. The minimum Gasteiger partial charge on any atom is -0.497 e. The Hall–Kier alpha value is -1.44. The van der Waals surface area contributed by atoms with Gasteiger partial charge in [-0.1, -0.05) is 51.2 Å². The number of unbranched alkanes of at least 4 members (excludes halogenated alkanes) is 7. The first-order valence-electron chi connectivity index (χ1n) is 9.17. The monoisotopic (exact) mass is 318 g/mol. The van der Waals surface area contributed by atoms with E-state index in [2.05, 4.69) is 31.2 Å². The first kappa shape index (κ1) is 19.6. The SMILES string of the molecule is CCCCC=CCCCCCCCc1cc(OC)cc(OC)c1. The number of allylic oxidation sites excluding steroid dienone is 2. The van der Waals surface area contributed by atoms with E-state index in [0.717, 1.165) is 17.9 Å². The highest BCUT2D eigenvalue weighted by Crippen LogP contribution is 2.23. The van der Waals surface area contributed by atoms with Crippen molar-refractivity contribution in [3.63, 3.8) is 0 Å². The van der Waals surface area contributed by atoms with Crippen LogP contribution in [0.5, 0.6) is 11.5 Å². The number of benzene rings is 1. The van der Waals surface area contributed by atoms with Crippen molar-refractivity contribution in [3.8, 4) is 11.5 Å². The quantitative estimate of drug-likeness (QED) is 0.312. The fourth-order valence-corrected chi connectivity index (χ4v) is 2.69. The number of rotatable bonds is 13. The fraction of sp³-hybridized carbons (Fsp3) is 0.619. The molecule has 2 nitrogen and oxygen atoms in total. The molecule has 0 bridgehead atoms. The average molecular weight is 319 g/mol. The van der Waals surface area contributed by atoms with Crippen LogP contribution in [0.25, 0.3) is 0 Å². The first-order chi connectivity index (χ1) is 11.3. The van der Waals surface area contributed by atoms with Crippen LogP contribution in [-0.4, -0.2) is 14.2 Å². The maximum Gasteiger partial charge on any atom is 0.122 e. The van der Waals surface area contributed by atoms with Crippen LogP contribution < -0.4 is 9.47 Å². The molecule has 0 fully saturated rings. The molecule has 0 spiro atoms. The Morgan fingerprint density at radius 2 is 1.30 bits per heavy atom. The third-order valence-corrected chi connectivity index (χ3v) is 4.14. The third-order valence-electron chi connectivity index (χ3n) is 4.14. The molecule has 1 rings (SSSR count). The van der Waals surface area contributed by atoms with E-state index in [0.29, 0.717) is 0 Å². The smallest absolute Gasteiger partial charge is 0.122 e. The summed E-state index contributed by atoms with van der Waals surface area (Å²) in [5.41, 5.74) is 1.31. The van der Waals surface area contributed by atoms with Gasteiger partial charge in [0.05, 0.1) is 14.2 Å². The van der Waals surface area contributed by atoms with Crippen molar-refractivity contribution < 1.29 is 9.47 Å². The lowest BCUT2D eigenvalue weighted by Crippen LogP contribution is -1.92. The second-order valence-electron chi connectivity index (χ2n) is 6.14. The number of hydrogen-bond acceptors (Lipinski definition) is 2.